The number of aryl methyl sites for hydroxylation is 1. The van der Waals surface area contributed by atoms with Crippen LogP contribution in [0.3, 0.4) is 0 Å². The fourth-order valence-corrected chi connectivity index (χ4v) is 15.7. The summed E-state index contributed by atoms with van der Waals surface area (Å²) in [6.07, 6.45) is 0.0929. The molecule has 0 radical (unpaired) electrons. The summed E-state index contributed by atoms with van der Waals surface area (Å²) in [4.78, 5) is 140. The number of pyridine rings is 1. The van der Waals surface area contributed by atoms with Crippen molar-refractivity contribution in [1.82, 2.24) is 71.0 Å². The number of H-pyrrole nitrogens is 1. The number of thiazole rings is 6. The van der Waals surface area contributed by atoms with E-state index in [1.165, 1.54) is 62.2 Å². The molecule has 464 valence electrons. The summed E-state index contributed by atoms with van der Waals surface area (Å²) in [6, 6.07) is 13.5. The number of primary amides is 2. The minimum atomic E-state index is -1.44. The number of hydrogen-bond donors (Lipinski definition) is 9. The van der Waals surface area contributed by atoms with Gasteiger partial charge in [-0.3, -0.25) is 28.8 Å². The van der Waals surface area contributed by atoms with E-state index in [9.17, 15) is 39.0 Å². The second-order valence-corrected chi connectivity index (χ2v) is 26.6. The van der Waals surface area contributed by atoms with Crippen molar-refractivity contribution in [3.05, 3.63) is 166 Å². The van der Waals surface area contributed by atoms with Gasteiger partial charge in [-0.25, -0.2) is 44.7 Å². The Labute approximate surface area is 540 Å². The van der Waals surface area contributed by atoms with Crippen LogP contribution in [0.25, 0.3) is 43.4 Å². The Bertz CT molecular complexity index is 4370. The molecule has 10 bridgehead atoms. The molecule has 2 aromatic carbocycles. The zero-order valence-corrected chi connectivity index (χ0v) is 52.7. The lowest BCUT2D eigenvalue weighted by Crippen LogP contribution is -2.50. The molecule has 1 saturated heterocycles. The molecule has 0 aliphatic carbocycles. The number of aromatic nitrogens is 9. The fourth-order valence-electron chi connectivity index (χ4n) is 10.3. The van der Waals surface area contributed by atoms with Crippen LogP contribution < -0.4 is 32.7 Å². The molecular weight excluding hydrogens is 1290 g/mol. The molecule has 12 rings (SSSR count). The number of rotatable bonds is 12. The largest absolute Gasteiger partial charge is 0.508 e. The number of imidazole rings is 1. The Morgan fingerprint density at radius 2 is 1.40 bits per heavy atom. The quantitative estimate of drug-likeness (QED) is 0.0589. The van der Waals surface area contributed by atoms with Crippen molar-refractivity contribution in [2.24, 2.45) is 17.4 Å². The number of aromatic amines is 1. The van der Waals surface area contributed by atoms with Crippen LogP contribution in [0, 0.1) is 12.8 Å². The smallest absolute Gasteiger partial charge is 0.407 e. The Morgan fingerprint density at radius 1 is 0.714 bits per heavy atom. The van der Waals surface area contributed by atoms with Gasteiger partial charge in [0.25, 0.3) is 23.6 Å². The molecule has 10 heterocycles. The van der Waals surface area contributed by atoms with Gasteiger partial charge < -0.3 is 57.6 Å². The number of aromatic hydroxyl groups is 1. The molecule has 0 spiro atoms. The molecule has 32 heteroatoms. The number of carbonyl (C=O) groups excluding carboxylic acids is 7. The average Bonchev–Trinajstić information content (AvgIpc) is 1.67. The van der Waals surface area contributed by atoms with Crippen LogP contribution in [0.2, 0.25) is 0 Å². The predicted molar refractivity (Wildman–Crippen MR) is 339 cm³/mol. The summed E-state index contributed by atoms with van der Waals surface area (Å²) < 4.78 is 6.10. The summed E-state index contributed by atoms with van der Waals surface area (Å²) in [5.41, 5.74) is 14.8. The molecule has 11 N–H and O–H groups in total. The molecule has 26 nitrogen and oxygen atoms in total. The monoisotopic (exact) mass is 1340 g/mol. The van der Waals surface area contributed by atoms with Gasteiger partial charge in [-0.2, -0.15) is 0 Å². The molecule has 0 unspecified atom stereocenters. The van der Waals surface area contributed by atoms with Crippen molar-refractivity contribution in [3.63, 3.8) is 0 Å². The highest BCUT2D eigenvalue weighted by Crippen LogP contribution is 2.44. The van der Waals surface area contributed by atoms with Crippen LogP contribution in [0.4, 0.5) is 4.79 Å². The Hall–Kier alpha value is -9.57. The van der Waals surface area contributed by atoms with Crippen LogP contribution in [0.5, 0.6) is 5.75 Å². The van der Waals surface area contributed by atoms with Gasteiger partial charge in [0.15, 0.2) is 0 Å². The average molecular weight is 1340 g/mol. The molecule has 91 heavy (non-hydrogen) atoms. The van der Waals surface area contributed by atoms with Crippen molar-refractivity contribution >= 4 is 110 Å². The van der Waals surface area contributed by atoms with Gasteiger partial charge in [0.05, 0.1) is 37.1 Å². The lowest BCUT2D eigenvalue weighted by molar-refractivity contribution is -0.134. The van der Waals surface area contributed by atoms with E-state index in [-0.39, 0.29) is 58.1 Å². The number of amides is 7. The Kier molecular flexibility index (Phi) is 17.9. The first-order chi connectivity index (χ1) is 43.9. The predicted octanol–water partition coefficient (Wildman–Crippen LogP) is 7.09. The van der Waals surface area contributed by atoms with Crippen molar-refractivity contribution in [2.75, 3.05) is 13.1 Å². The van der Waals surface area contributed by atoms with Gasteiger partial charge in [-0.1, -0.05) is 49.4 Å². The number of alkyl carbamates (subject to hydrolysis) is 1. The third kappa shape index (κ3) is 13.5. The number of ether oxygens (including phenoxy) is 1. The number of hydrogen-bond acceptors (Lipinski definition) is 24. The molecule has 2 aliphatic rings. The maximum atomic E-state index is 15.6. The second-order valence-electron chi connectivity index (χ2n) is 21.1. The number of phenolic OH excluding ortho intramolecular Hbond substituents is 1. The lowest BCUT2D eigenvalue weighted by Gasteiger charge is -2.29. The van der Waals surface area contributed by atoms with E-state index in [4.69, 9.17) is 36.1 Å². The van der Waals surface area contributed by atoms with Crippen molar-refractivity contribution in [2.45, 2.75) is 69.5 Å². The first-order valence-corrected chi connectivity index (χ1v) is 33.1. The van der Waals surface area contributed by atoms with E-state index < -0.39 is 90.3 Å². The minimum absolute atomic E-state index is 0.0249. The van der Waals surface area contributed by atoms with Gasteiger partial charge in [-0.15, -0.1) is 68.0 Å². The molecule has 0 saturated carbocycles. The Morgan fingerprint density at radius 3 is 2.14 bits per heavy atom. The highest BCUT2D eigenvalue weighted by Gasteiger charge is 2.48. The first kappa shape index (κ1) is 61.7. The zero-order valence-electron chi connectivity index (χ0n) is 47.8. The summed E-state index contributed by atoms with van der Waals surface area (Å²) >= 11 is 6.80. The lowest BCUT2D eigenvalue weighted by atomic mass is 10.00. The fraction of sp³-hybridized carbons (Fsp3) is 0.237. The molecule has 1 fully saturated rings. The van der Waals surface area contributed by atoms with E-state index in [2.05, 4.69) is 46.2 Å². The maximum Gasteiger partial charge on any atom is 0.407 e. The Balaban J connectivity index is 0.960. The maximum absolute atomic E-state index is 15.6. The topological polar surface area (TPSA) is 391 Å². The normalized spacial score (nSPS) is 19.0. The molecule has 8 aromatic heterocycles. The number of fused-ring (bicyclic) bond motifs is 16. The first-order valence-electron chi connectivity index (χ1n) is 27.9. The van der Waals surface area contributed by atoms with Gasteiger partial charge in [0.2, 0.25) is 11.8 Å². The van der Waals surface area contributed by atoms with Crippen LogP contribution in [0.15, 0.2) is 106 Å². The van der Waals surface area contributed by atoms with Crippen LogP contribution >= 0.6 is 68.0 Å². The summed E-state index contributed by atoms with van der Waals surface area (Å²) in [7, 11) is 0. The van der Waals surface area contributed by atoms with Crippen LogP contribution in [0.1, 0.15) is 116 Å². The second kappa shape index (κ2) is 26.5. The highest BCUT2D eigenvalue weighted by atomic mass is 32.1. The number of nitrogens with zero attached hydrogens (tertiary/aromatic N) is 9. The van der Waals surface area contributed by atoms with E-state index in [1.807, 2.05) is 6.92 Å². The minimum Gasteiger partial charge on any atom is -0.508 e. The SMILES string of the molecule is Cc1sc2nc1C(=O)N[C@@H]([C@H](O)c1ccccc1)c1nc(cs1)C(=O)N[C@@H](Cc1ccc(O)cc1)C(=O)N1C[C@H](OC(=O)NCCc3cnc[nH]3)[C@H](C)[C@@H]1c1nc(cs1)-c1nc(cs1)-c1nc(-c3nc(C(N)=O)cs3)ccc1-c1nc(cs1)C(=O)N[C@H]2CC(N)=O. The number of nitrogens with two attached hydrogens (primary N) is 2. The molecule has 7 amide bonds. The van der Waals surface area contributed by atoms with Gasteiger partial charge in [0.1, 0.15) is 99.9 Å². The van der Waals surface area contributed by atoms with Crippen molar-refractivity contribution in [3.8, 4) is 49.1 Å². The van der Waals surface area contributed by atoms with E-state index in [0.717, 1.165) is 51.0 Å². The van der Waals surface area contributed by atoms with Gasteiger partial charge in [-0.05, 0) is 42.3 Å². The molecule has 2 aliphatic heterocycles. The van der Waals surface area contributed by atoms with E-state index >= 15 is 4.79 Å². The van der Waals surface area contributed by atoms with E-state index in [0.29, 0.717) is 70.8 Å². The standard InChI is InChI=1S/C59H52N16O10S6/c1-26-41(85-59(84)63-15-14-30-18-62-25-64-30)19-75-46(26)57-72-40(24-90-57)54-68-36(20-87-54)44-32(12-13-33(65-44)53-69-37(21-88-53)48(61)79)52-70-38(22-86-52)49(80)66-34(17-42(60)77)55-74-43(27(2)91-55)51(82)73-45(47(78)29-6-4-3-5-7-29)56-71-39(23-89-56)50(81)67-35(58(75)83)16-28-8-10-31(76)11-9-28/h3-13,18,20-26,34-35,41,45-47,76,78H,14-17,19H2,1-2H3,(H2,60,77)(H2,61,79)(H,62,64)(H,63,84)(H,66,80)(H,67,81)(H,73,82)/t26-,34-,35-,41-,45-,46+,47+/m0/s1. The number of aliphatic hydroxyl groups is 1. The van der Waals surface area contributed by atoms with Crippen molar-refractivity contribution in [1.29, 1.82) is 0 Å². The van der Waals surface area contributed by atoms with Crippen molar-refractivity contribution < 1.29 is 48.5 Å². The third-order valence-electron chi connectivity index (χ3n) is 14.9. The number of nitrogens with one attached hydrogen (secondary N) is 5. The summed E-state index contributed by atoms with van der Waals surface area (Å²) in [5.74, 6) is -4.92. The number of aliphatic hydroxyl groups excluding tert-OH is 1. The third-order valence-corrected chi connectivity index (χ3v) is 20.4. The number of carbonyl (C=O) groups is 7. The molecule has 7 atom stereocenters. The highest BCUT2D eigenvalue weighted by molar-refractivity contribution is 7.15. The van der Waals surface area contributed by atoms with Crippen LogP contribution in [-0.2, 0) is 27.2 Å². The summed E-state index contributed by atoms with van der Waals surface area (Å²) in [5, 5.41) is 43.7. The number of benzene rings is 2. The summed E-state index contributed by atoms with van der Waals surface area (Å²) in [6.45, 7) is 3.57. The molecule has 10 aromatic rings. The van der Waals surface area contributed by atoms with Gasteiger partial charge in [0, 0.05) is 74.5 Å². The van der Waals surface area contributed by atoms with Crippen LogP contribution in [-0.4, -0.2) is 127 Å². The van der Waals surface area contributed by atoms with E-state index in [1.54, 1.807) is 78.5 Å². The number of phenols is 1. The van der Waals surface area contributed by atoms with Gasteiger partial charge >= 0.3 is 6.09 Å². The molecular formula is C59H52N16O10S6. The zero-order chi connectivity index (χ0) is 63.6.